The Hall–Kier alpha value is -1.78. The summed E-state index contributed by atoms with van der Waals surface area (Å²) < 4.78 is 5.61. The minimum Gasteiger partial charge on any atom is -0.477 e. The number of hydrogen-bond acceptors (Lipinski definition) is 3. The SMILES string of the molecule is CC1CCCCN1C(=O)NCc1ccc(OCC2CC2)nc1. The minimum atomic E-state index is 0.0289. The van der Waals surface area contributed by atoms with E-state index in [2.05, 4.69) is 17.2 Å². The van der Waals surface area contributed by atoms with E-state index >= 15 is 0 Å². The molecule has 1 aromatic heterocycles. The second-order valence-corrected chi connectivity index (χ2v) is 6.46. The van der Waals surface area contributed by atoms with Gasteiger partial charge in [-0.15, -0.1) is 0 Å². The molecule has 1 saturated carbocycles. The molecule has 0 bridgehead atoms. The molecule has 1 atom stereocenters. The van der Waals surface area contributed by atoms with Gasteiger partial charge < -0.3 is 15.0 Å². The molecule has 1 aliphatic carbocycles. The topological polar surface area (TPSA) is 54.5 Å². The Labute approximate surface area is 132 Å². The fraction of sp³-hybridized carbons (Fsp3) is 0.647. The third-order valence-corrected chi connectivity index (χ3v) is 4.47. The Kier molecular flexibility index (Phi) is 4.80. The van der Waals surface area contributed by atoms with Gasteiger partial charge in [-0.1, -0.05) is 6.07 Å². The van der Waals surface area contributed by atoms with Gasteiger partial charge in [-0.2, -0.15) is 0 Å². The Bertz CT molecular complexity index is 499. The van der Waals surface area contributed by atoms with Gasteiger partial charge in [0.2, 0.25) is 5.88 Å². The van der Waals surface area contributed by atoms with Gasteiger partial charge in [0.1, 0.15) is 0 Å². The molecule has 0 aromatic carbocycles. The average molecular weight is 303 g/mol. The van der Waals surface area contributed by atoms with Crippen molar-refractivity contribution < 1.29 is 9.53 Å². The third kappa shape index (κ3) is 4.12. The fourth-order valence-corrected chi connectivity index (χ4v) is 2.77. The van der Waals surface area contributed by atoms with Gasteiger partial charge >= 0.3 is 6.03 Å². The van der Waals surface area contributed by atoms with Crippen LogP contribution in [0.4, 0.5) is 4.79 Å². The predicted molar refractivity (Wildman–Crippen MR) is 84.7 cm³/mol. The lowest BCUT2D eigenvalue weighted by Crippen LogP contribution is -2.47. The number of aromatic nitrogens is 1. The molecule has 120 valence electrons. The van der Waals surface area contributed by atoms with E-state index in [9.17, 15) is 4.79 Å². The second-order valence-electron chi connectivity index (χ2n) is 6.46. The van der Waals surface area contributed by atoms with Crippen molar-refractivity contribution in [2.24, 2.45) is 5.92 Å². The lowest BCUT2D eigenvalue weighted by atomic mass is 10.0. The van der Waals surface area contributed by atoms with Crippen LogP contribution in [0.15, 0.2) is 18.3 Å². The Morgan fingerprint density at radius 2 is 2.23 bits per heavy atom. The van der Waals surface area contributed by atoms with Crippen LogP contribution in [0.1, 0.15) is 44.6 Å². The first-order valence-corrected chi connectivity index (χ1v) is 8.34. The van der Waals surface area contributed by atoms with Crippen molar-refractivity contribution in [1.82, 2.24) is 15.2 Å². The van der Waals surface area contributed by atoms with E-state index in [1.165, 1.54) is 19.3 Å². The normalized spacial score (nSPS) is 21.5. The van der Waals surface area contributed by atoms with Crippen molar-refractivity contribution >= 4 is 6.03 Å². The first-order valence-electron chi connectivity index (χ1n) is 8.34. The highest BCUT2D eigenvalue weighted by atomic mass is 16.5. The van der Waals surface area contributed by atoms with Crippen molar-refractivity contribution in [2.45, 2.75) is 51.6 Å². The molecule has 3 rings (SSSR count). The predicted octanol–water partition coefficient (Wildman–Crippen LogP) is 2.95. The number of ether oxygens (including phenoxy) is 1. The zero-order valence-electron chi connectivity index (χ0n) is 13.3. The van der Waals surface area contributed by atoms with Crippen LogP contribution in [0.25, 0.3) is 0 Å². The minimum absolute atomic E-state index is 0.0289. The van der Waals surface area contributed by atoms with Gasteiger partial charge in [-0.25, -0.2) is 9.78 Å². The Morgan fingerprint density at radius 3 is 2.91 bits per heavy atom. The summed E-state index contributed by atoms with van der Waals surface area (Å²) in [5.41, 5.74) is 0.997. The summed E-state index contributed by atoms with van der Waals surface area (Å²) in [5, 5.41) is 2.98. The maximum absolute atomic E-state index is 12.2. The maximum Gasteiger partial charge on any atom is 0.317 e. The largest absolute Gasteiger partial charge is 0.477 e. The summed E-state index contributed by atoms with van der Waals surface area (Å²) in [6.45, 7) is 4.26. The van der Waals surface area contributed by atoms with Crippen LogP contribution >= 0.6 is 0 Å². The molecule has 1 aliphatic heterocycles. The van der Waals surface area contributed by atoms with Crippen LogP contribution in [-0.4, -0.2) is 35.1 Å². The lowest BCUT2D eigenvalue weighted by Gasteiger charge is -2.33. The molecule has 1 saturated heterocycles. The van der Waals surface area contributed by atoms with Gasteiger partial charge in [0.15, 0.2) is 0 Å². The summed E-state index contributed by atoms with van der Waals surface area (Å²) >= 11 is 0. The van der Waals surface area contributed by atoms with Crippen molar-refractivity contribution in [3.05, 3.63) is 23.9 Å². The Morgan fingerprint density at radius 1 is 1.36 bits per heavy atom. The van der Waals surface area contributed by atoms with E-state index in [-0.39, 0.29) is 6.03 Å². The molecule has 1 N–H and O–H groups in total. The van der Waals surface area contributed by atoms with Crippen LogP contribution < -0.4 is 10.1 Å². The first-order chi connectivity index (χ1) is 10.7. The zero-order chi connectivity index (χ0) is 15.4. The number of nitrogens with one attached hydrogen (secondary N) is 1. The number of hydrogen-bond donors (Lipinski definition) is 1. The standard InChI is InChI=1S/C17H25N3O2/c1-13-4-2-3-9-20(13)17(21)19-11-15-7-8-16(18-10-15)22-12-14-5-6-14/h7-8,10,13-14H,2-6,9,11-12H2,1H3,(H,19,21). The highest BCUT2D eigenvalue weighted by Gasteiger charge is 2.23. The molecule has 2 aliphatic rings. The molecule has 2 fully saturated rings. The van der Waals surface area contributed by atoms with Crippen LogP contribution in [0, 0.1) is 5.92 Å². The van der Waals surface area contributed by atoms with E-state index in [1.807, 2.05) is 17.0 Å². The number of rotatable bonds is 5. The van der Waals surface area contributed by atoms with E-state index in [0.29, 0.717) is 18.5 Å². The van der Waals surface area contributed by atoms with Gasteiger partial charge in [0, 0.05) is 31.4 Å². The molecule has 1 unspecified atom stereocenters. The molecule has 1 aromatic rings. The van der Waals surface area contributed by atoms with Crippen molar-refractivity contribution in [3.63, 3.8) is 0 Å². The molecule has 0 radical (unpaired) electrons. The number of carbonyl (C=O) groups excluding carboxylic acids is 1. The van der Waals surface area contributed by atoms with E-state index in [0.717, 1.165) is 37.5 Å². The monoisotopic (exact) mass is 303 g/mol. The van der Waals surface area contributed by atoms with E-state index in [1.54, 1.807) is 6.20 Å². The highest BCUT2D eigenvalue weighted by molar-refractivity contribution is 5.74. The molecule has 5 nitrogen and oxygen atoms in total. The summed E-state index contributed by atoms with van der Waals surface area (Å²) in [6.07, 6.45) is 7.76. The summed E-state index contributed by atoms with van der Waals surface area (Å²) in [6, 6.07) is 4.22. The van der Waals surface area contributed by atoms with Gasteiger partial charge in [0.05, 0.1) is 6.61 Å². The molecular weight excluding hydrogens is 278 g/mol. The number of urea groups is 1. The molecule has 2 amide bonds. The smallest absolute Gasteiger partial charge is 0.317 e. The van der Waals surface area contributed by atoms with Gasteiger partial charge in [-0.05, 0) is 50.5 Å². The molecular formula is C17H25N3O2. The van der Waals surface area contributed by atoms with Crippen LogP contribution in [0.3, 0.4) is 0 Å². The van der Waals surface area contributed by atoms with Gasteiger partial charge in [-0.3, -0.25) is 0 Å². The quantitative estimate of drug-likeness (QED) is 0.910. The number of likely N-dealkylation sites (tertiary alicyclic amines) is 1. The van der Waals surface area contributed by atoms with Crippen LogP contribution in [-0.2, 0) is 6.54 Å². The van der Waals surface area contributed by atoms with Crippen molar-refractivity contribution in [3.8, 4) is 5.88 Å². The third-order valence-electron chi connectivity index (χ3n) is 4.47. The molecule has 5 heteroatoms. The summed E-state index contributed by atoms with van der Waals surface area (Å²) in [4.78, 5) is 18.4. The number of nitrogens with zero attached hydrogens (tertiary/aromatic N) is 2. The molecule has 22 heavy (non-hydrogen) atoms. The summed E-state index contributed by atoms with van der Waals surface area (Å²) in [5.74, 6) is 1.40. The molecule has 0 spiro atoms. The van der Waals surface area contributed by atoms with E-state index in [4.69, 9.17) is 4.74 Å². The number of pyridine rings is 1. The zero-order valence-corrected chi connectivity index (χ0v) is 13.3. The number of piperidine rings is 1. The maximum atomic E-state index is 12.2. The summed E-state index contributed by atoms with van der Waals surface area (Å²) in [7, 11) is 0. The fourth-order valence-electron chi connectivity index (χ4n) is 2.77. The Balaban J connectivity index is 1.44. The highest BCUT2D eigenvalue weighted by Crippen LogP contribution is 2.29. The number of carbonyl (C=O) groups is 1. The number of amides is 2. The average Bonchev–Trinajstić information content (AvgIpc) is 3.36. The first kappa shape index (κ1) is 15.1. The molecule has 2 heterocycles. The van der Waals surface area contributed by atoms with Crippen LogP contribution in [0.5, 0.6) is 5.88 Å². The van der Waals surface area contributed by atoms with Crippen molar-refractivity contribution in [1.29, 1.82) is 0 Å². The second kappa shape index (κ2) is 6.99. The lowest BCUT2D eigenvalue weighted by molar-refractivity contribution is 0.158. The van der Waals surface area contributed by atoms with E-state index < -0.39 is 0 Å². The van der Waals surface area contributed by atoms with Crippen molar-refractivity contribution in [2.75, 3.05) is 13.2 Å². The van der Waals surface area contributed by atoms with Gasteiger partial charge in [0.25, 0.3) is 0 Å². The van der Waals surface area contributed by atoms with Crippen LogP contribution in [0.2, 0.25) is 0 Å².